The van der Waals surface area contributed by atoms with Crippen molar-refractivity contribution in [2.45, 2.75) is 51.5 Å². The summed E-state index contributed by atoms with van der Waals surface area (Å²) in [6.45, 7) is 7.41. The molecule has 0 aliphatic carbocycles. The summed E-state index contributed by atoms with van der Waals surface area (Å²) in [7, 11) is 0. The molecule has 0 unspecified atom stereocenters. The van der Waals surface area contributed by atoms with Crippen molar-refractivity contribution in [1.82, 2.24) is 19.7 Å². The molecule has 0 aromatic carbocycles. The molecule has 1 aromatic rings. The van der Waals surface area contributed by atoms with Crippen molar-refractivity contribution in [2.24, 2.45) is 5.92 Å². The lowest BCUT2D eigenvalue weighted by Gasteiger charge is -2.42. The van der Waals surface area contributed by atoms with Gasteiger partial charge < -0.3 is 9.80 Å². The lowest BCUT2D eigenvalue weighted by molar-refractivity contribution is -0.136. The van der Waals surface area contributed by atoms with Crippen molar-refractivity contribution in [3.05, 3.63) is 16.1 Å². The van der Waals surface area contributed by atoms with E-state index in [4.69, 9.17) is 0 Å². The predicted molar refractivity (Wildman–Crippen MR) is 106 cm³/mol. The maximum absolute atomic E-state index is 12.8. The normalized spacial score (nSPS) is 25.1. The Bertz CT molecular complexity index is 677. The summed E-state index contributed by atoms with van der Waals surface area (Å²) >= 11 is 1.53. The Morgan fingerprint density at radius 3 is 2.41 bits per heavy atom. The van der Waals surface area contributed by atoms with Gasteiger partial charge in [-0.25, -0.2) is 4.98 Å². The molecule has 3 saturated heterocycles. The SMILES string of the molecule is Cc1nc(C(=O)N2CCC(N3CCC[C@@H](C(=O)N4CCCC4)C3)CC2)cs1. The minimum Gasteiger partial charge on any atom is -0.342 e. The van der Waals surface area contributed by atoms with Crippen LogP contribution in [-0.2, 0) is 4.79 Å². The number of thiazole rings is 1. The van der Waals surface area contributed by atoms with Crippen LogP contribution in [0.15, 0.2) is 5.38 Å². The molecular weight excluding hydrogens is 360 g/mol. The Morgan fingerprint density at radius 1 is 1.00 bits per heavy atom. The number of carbonyl (C=O) groups is 2. The van der Waals surface area contributed by atoms with Crippen LogP contribution in [0.3, 0.4) is 0 Å². The van der Waals surface area contributed by atoms with E-state index in [2.05, 4.69) is 14.8 Å². The van der Waals surface area contributed by atoms with Crippen molar-refractivity contribution < 1.29 is 9.59 Å². The Kier molecular flexibility index (Phi) is 5.78. The predicted octanol–water partition coefficient (Wildman–Crippen LogP) is 2.39. The Labute approximate surface area is 165 Å². The molecule has 27 heavy (non-hydrogen) atoms. The quantitative estimate of drug-likeness (QED) is 0.795. The number of rotatable bonds is 3. The van der Waals surface area contributed by atoms with Gasteiger partial charge in [-0.1, -0.05) is 0 Å². The van der Waals surface area contributed by atoms with Crippen molar-refractivity contribution in [3.8, 4) is 0 Å². The fraction of sp³-hybridized carbons (Fsp3) is 0.750. The first-order valence-corrected chi connectivity index (χ1v) is 11.2. The third-order valence-corrected chi connectivity index (χ3v) is 7.10. The van der Waals surface area contributed by atoms with Gasteiger partial charge in [-0.15, -0.1) is 11.3 Å². The van der Waals surface area contributed by atoms with E-state index in [1.54, 1.807) is 0 Å². The molecule has 0 spiro atoms. The van der Waals surface area contributed by atoms with E-state index in [1.165, 1.54) is 11.3 Å². The smallest absolute Gasteiger partial charge is 0.273 e. The molecule has 3 fully saturated rings. The minimum absolute atomic E-state index is 0.0681. The second-order valence-corrected chi connectivity index (χ2v) is 9.20. The van der Waals surface area contributed by atoms with Crippen LogP contribution in [0, 0.1) is 12.8 Å². The van der Waals surface area contributed by atoms with Crippen LogP contribution in [0.2, 0.25) is 0 Å². The van der Waals surface area contributed by atoms with Gasteiger partial charge in [0.1, 0.15) is 5.69 Å². The molecule has 1 atom stereocenters. The van der Waals surface area contributed by atoms with Gasteiger partial charge in [0.2, 0.25) is 5.91 Å². The standard InChI is InChI=1S/C20H30N4O2S/c1-15-21-18(14-27-15)20(26)23-11-6-17(7-12-23)24-10-4-5-16(13-24)19(25)22-8-2-3-9-22/h14,16-17H,2-13H2,1H3/t16-/m1/s1. The fourth-order valence-corrected chi connectivity index (χ4v) is 5.38. The summed E-state index contributed by atoms with van der Waals surface area (Å²) in [5.74, 6) is 0.622. The van der Waals surface area contributed by atoms with Gasteiger partial charge in [0.25, 0.3) is 5.91 Å². The molecule has 3 aliphatic heterocycles. The molecule has 0 bridgehead atoms. The topological polar surface area (TPSA) is 56.8 Å². The average molecular weight is 391 g/mol. The summed E-state index contributed by atoms with van der Waals surface area (Å²) in [5, 5.41) is 2.80. The maximum Gasteiger partial charge on any atom is 0.273 e. The Hall–Kier alpha value is -1.47. The van der Waals surface area contributed by atoms with Crippen LogP contribution in [-0.4, -0.2) is 76.8 Å². The Balaban J connectivity index is 1.30. The van der Waals surface area contributed by atoms with Crippen LogP contribution < -0.4 is 0 Å². The summed E-state index contributed by atoms with van der Waals surface area (Å²) in [6.07, 6.45) is 6.47. The zero-order valence-electron chi connectivity index (χ0n) is 16.2. The van der Waals surface area contributed by atoms with E-state index < -0.39 is 0 Å². The number of piperidine rings is 2. The van der Waals surface area contributed by atoms with Crippen LogP contribution in [0.5, 0.6) is 0 Å². The molecule has 7 heteroatoms. The highest BCUT2D eigenvalue weighted by Gasteiger charge is 2.35. The second kappa shape index (κ2) is 8.27. The monoisotopic (exact) mass is 390 g/mol. The first-order chi connectivity index (χ1) is 13.1. The van der Waals surface area contributed by atoms with E-state index in [0.29, 0.717) is 17.6 Å². The number of aryl methyl sites for hydroxylation is 1. The molecule has 1 aromatic heterocycles. The van der Waals surface area contributed by atoms with E-state index >= 15 is 0 Å². The van der Waals surface area contributed by atoms with Crippen LogP contribution in [0.1, 0.15) is 54.0 Å². The van der Waals surface area contributed by atoms with E-state index in [-0.39, 0.29) is 11.8 Å². The van der Waals surface area contributed by atoms with Crippen molar-refractivity contribution in [2.75, 3.05) is 39.3 Å². The van der Waals surface area contributed by atoms with Gasteiger partial charge in [0.05, 0.1) is 10.9 Å². The average Bonchev–Trinajstić information content (AvgIpc) is 3.39. The molecule has 6 nitrogen and oxygen atoms in total. The molecule has 148 valence electrons. The first-order valence-electron chi connectivity index (χ1n) is 10.4. The van der Waals surface area contributed by atoms with Gasteiger partial charge in [0, 0.05) is 44.1 Å². The summed E-state index contributed by atoms with van der Waals surface area (Å²) in [5.41, 5.74) is 0.588. The molecule has 0 N–H and O–H groups in total. The van der Waals surface area contributed by atoms with E-state index in [0.717, 1.165) is 82.8 Å². The highest BCUT2D eigenvalue weighted by atomic mass is 32.1. The lowest BCUT2D eigenvalue weighted by atomic mass is 9.93. The Morgan fingerprint density at radius 2 is 1.74 bits per heavy atom. The molecule has 0 radical (unpaired) electrons. The van der Waals surface area contributed by atoms with Crippen molar-refractivity contribution in [1.29, 1.82) is 0 Å². The molecule has 3 aliphatic rings. The minimum atomic E-state index is 0.0681. The summed E-state index contributed by atoms with van der Waals surface area (Å²) in [4.78, 5) is 36.2. The third kappa shape index (κ3) is 4.19. The number of nitrogens with zero attached hydrogens (tertiary/aromatic N) is 4. The van der Waals surface area contributed by atoms with Crippen molar-refractivity contribution >= 4 is 23.2 Å². The van der Waals surface area contributed by atoms with Gasteiger partial charge >= 0.3 is 0 Å². The maximum atomic E-state index is 12.8. The first kappa shape index (κ1) is 18.9. The molecular formula is C20H30N4O2S. The van der Waals surface area contributed by atoms with Crippen LogP contribution in [0.4, 0.5) is 0 Å². The molecule has 4 heterocycles. The zero-order valence-corrected chi connectivity index (χ0v) is 17.0. The van der Waals surface area contributed by atoms with Crippen LogP contribution in [0.25, 0.3) is 0 Å². The van der Waals surface area contributed by atoms with Gasteiger partial charge in [-0.05, 0) is 52.0 Å². The van der Waals surface area contributed by atoms with E-state index in [9.17, 15) is 9.59 Å². The molecule has 4 rings (SSSR count). The highest BCUT2D eigenvalue weighted by molar-refractivity contribution is 7.09. The summed E-state index contributed by atoms with van der Waals surface area (Å²) in [6, 6.07) is 0.500. The van der Waals surface area contributed by atoms with Crippen LogP contribution >= 0.6 is 11.3 Å². The summed E-state index contributed by atoms with van der Waals surface area (Å²) < 4.78 is 0. The number of carbonyl (C=O) groups excluding carboxylic acids is 2. The third-order valence-electron chi connectivity index (χ3n) is 6.33. The fourth-order valence-electron chi connectivity index (χ4n) is 4.79. The molecule has 2 amide bonds. The number of likely N-dealkylation sites (tertiary alicyclic amines) is 3. The number of amides is 2. The van der Waals surface area contributed by atoms with Gasteiger partial charge in [0.15, 0.2) is 0 Å². The second-order valence-electron chi connectivity index (χ2n) is 8.14. The number of aromatic nitrogens is 1. The molecule has 0 saturated carbocycles. The van der Waals surface area contributed by atoms with Crippen molar-refractivity contribution in [3.63, 3.8) is 0 Å². The number of hydrogen-bond donors (Lipinski definition) is 0. The highest BCUT2D eigenvalue weighted by Crippen LogP contribution is 2.26. The lowest BCUT2D eigenvalue weighted by Crippen LogP contribution is -2.51. The zero-order chi connectivity index (χ0) is 18.8. The van der Waals surface area contributed by atoms with Gasteiger partial charge in [-0.2, -0.15) is 0 Å². The largest absolute Gasteiger partial charge is 0.342 e. The van der Waals surface area contributed by atoms with Gasteiger partial charge in [-0.3, -0.25) is 14.5 Å². The number of hydrogen-bond acceptors (Lipinski definition) is 5. The van der Waals surface area contributed by atoms with E-state index in [1.807, 2.05) is 17.2 Å².